The number of nitrogens with one attached hydrogen (secondary N) is 1. The first kappa shape index (κ1) is 11.0. The normalized spacial score (nSPS) is 32.9. The van der Waals surface area contributed by atoms with Crippen molar-refractivity contribution >= 4 is 5.91 Å². The molecule has 2 heteroatoms. The number of rotatable bonds is 2. The van der Waals surface area contributed by atoms with Crippen LogP contribution in [0.25, 0.3) is 0 Å². The summed E-state index contributed by atoms with van der Waals surface area (Å²) in [5.41, 5.74) is 0. The van der Waals surface area contributed by atoms with Crippen molar-refractivity contribution in [3.63, 3.8) is 0 Å². The minimum atomic E-state index is 0.337. The summed E-state index contributed by atoms with van der Waals surface area (Å²) in [7, 11) is 0. The molecule has 2 saturated carbocycles. The summed E-state index contributed by atoms with van der Waals surface area (Å²) < 4.78 is 0. The summed E-state index contributed by atoms with van der Waals surface area (Å²) >= 11 is 0. The minimum absolute atomic E-state index is 0.337. The highest BCUT2D eigenvalue weighted by molar-refractivity contribution is 5.79. The van der Waals surface area contributed by atoms with Gasteiger partial charge in [-0.15, -0.1) is 0 Å². The fraction of sp³-hybridized carbons (Fsp3) is 0.923. The molecule has 0 atom stereocenters. The highest BCUT2D eigenvalue weighted by Gasteiger charge is 2.26. The first-order valence-corrected chi connectivity index (χ1v) is 6.56. The second-order valence-corrected chi connectivity index (χ2v) is 5.45. The molecule has 1 amide bonds. The monoisotopic (exact) mass is 209 g/mol. The molecular formula is C13H23NO. The van der Waals surface area contributed by atoms with E-state index in [4.69, 9.17) is 0 Å². The predicted octanol–water partition coefficient (Wildman–Crippen LogP) is 2.87. The van der Waals surface area contributed by atoms with E-state index in [1.165, 1.54) is 38.5 Å². The largest absolute Gasteiger partial charge is 0.353 e. The highest BCUT2D eigenvalue weighted by Crippen LogP contribution is 2.27. The molecule has 0 aromatic heterocycles. The lowest BCUT2D eigenvalue weighted by Crippen LogP contribution is -2.40. The van der Waals surface area contributed by atoms with Crippen molar-refractivity contribution in [3.8, 4) is 0 Å². The van der Waals surface area contributed by atoms with Gasteiger partial charge in [0, 0.05) is 12.0 Å². The van der Waals surface area contributed by atoms with Crippen LogP contribution in [0.5, 0.6) is 0 Å². The molecule has 0 aliphatic heterocycles. The lowest BCUT2D eigenvalue weighted by Gasteiger charge is -2.27. The van der Waals surface area contributed by atoms with Crippen LogP contribution in [0.4, 0.5) is 0 Å². The molecule has 2 rings (SSSR count). The standard InChI is InChI=1S/C13H23NO/c1-10-6-8-12(9-7-10)14-13(15)11-4-2-3-5-11/h10-12H,2-9H2,1H3,(H,14,15). The van der Waals surface area contributed by atoms with E-state index in [0.29, 0.717) is 17.9 Å². The molecule has 0 radical (unpaired) electrons. The lowest BCUT2D eigenvalue weighted by molar-refractivity contribution is -0.125. The highest BCUT2D eigenvalue weighted by atomic mass is 16.1. The first-order valence-electron chi connectivity index (χ1n) is 6.56. The van der Waals surface area contributed by atoms with E-state index in [-0.39, 0.29) is 0 Å². The van der Waals surface area contributed by atoms with Crippen LogP contribution in [-0.2, 0) is 4.79 Å². The fourth-order valence-corrected chi connectivity index (χ4v) is 2.91. The molecule has 0 unspecified atom stereocenters. The number of amides is 1. The van der Waals surface area contributed by atoms with Crippen LogP contribution >= 0.6 is 0 Å². The maximum Gasteiger partial charge on any atom is 0.223 e. The van der Waals surface area contributed by atoms with Crippen molar-refractivity contribution < 1.29 is 4.79 Å². The van der Waals surface area contributed by atoms with Gasteiger partial charge in [-0.2, -0.15) is 0 Å². The molecule has 1 N–H and O–H groups in total. The Morgan fingerprint density at radius 2 is 1.60 bits per heavy atom. The number of hydrogen-bond donors (Lipinski definition) is 1. The van der Waals surface area contributed by atoms with Crippen molar-refractivity contribution in [3.05, 3.63) is 0 Å². The van der Waals surface area contributed by atoms with Gasteiger partial charge in [0.1, 0.15) is 0 Å². The maximum atomic E-state index is 11.9. The van der Waals surface area contributed by atoms with Crippen molar-refractivity contribution in [1.82, 2.24) is 5.32 Å². The Labute approximate surface area is 92.8 Å². The third kappa shape index (κ3) is 2.96. The topological polar surface area (TPSA) is 29.1 Å². The average molecular weight is 209 g/mol. The fourth-order valence-electron chi connectivity index (χ4n) is 2.91. The van der Waals surface area contributed by atoms with E-state index < -0.39 is 0 Å². The van der Waals surface area contributed by atoms with Crippen LogP contribution in [0.3, 0.4) is 0 Å². The van der Waals surface area contributed by atoms with Crippen molar-refractivity contribution in [2.45, 2.75) is 64.3 Å². The Balaban J connectivity index is 1.74. The molecule has 2 fully saturated rings. The number of carbonyl (C=O) groups is 1. The zero-order chi connectivity index (χ0) is 10.7. The SMILES string of the molecule is CC1CCC(NC(=O)C2CCCC2)CC1. The molecule has 15 heavy (non-hydrogen) atoms. The van der Waals surface area contributed by atoms with Crippen LogP contribution in [0, 0.1) is 11.8 Å². The van der Waals surface area contributed by atoms with E-state index in [1.54, 1.807) is 0 Å². The summed E-state index contributed by atoms with van der Waals surface area (Å²) in [6.45, 7) is 2.31. The van der Waals surface area contributed by atoms with Gasteiger partial charge >= 0.3 is 0 Å². The van der Waals surface area contributed by atoms with Crippen molar-refractivity contribution in [2.75, 3.05) is 0 Å². The van der Waals surface area contributed by atoms with Gasteiger partial charge in [0.25, 0.3) is 0 Å². The zero-order valence-corrected chi connectivity index (χ0v) is 9.80. The molecule has 0 heterocycles. The van der Waals surface area contributed by atoms with E-state index in [0.717, 1.165) is 18.8 Å². The smallest absolute Gasteiger partial charge is 0.223 e. The van der Waals surface area contributed by atoms with E-state index in [1.807, 2.05) is 0 Å². The third-order valence-electron chi connectivity index (χ3n) is 4.09. The van der Waals surface area contributed by atoms with Gasteiger partial charge in [-0.05, 0) is 44.4 Å². The van der Waals surface area contributed by atoms with Crippen LogP contribution in [0.1, 0.15) is 58.3 Å². The Morgan fingerprint density at radius 3 is 2.20 bits per heavy atom. The Kier molecular flexibility index (Phi) is 3.66. The van der Waals surface area contributed by atoms with Gasteiger partial charge in [0.15, 0.2) is 0 Å². The molecule has 2 nitrogen and oxygen atoms in total. The third-order valence-corrected chi connectivity index (χ3v) is 4.09. The molecular weight excluding hydrogens is 186 g/mol. The molecule has 0 saturated heterocycles. The summed E-state index contributed by atoms with van der Waals surface area (Å²) in [6, 6.07) is 0.481. The molecule has 0 bridgehead atoms. The first-order chi connectivity index (χ1) is 7.25. The van der Waals surface area contributed by atoms with Crippen LogP contribution in [0.15, 0.2) is 0 Å². The molecule has 0 spiro atoms. The zero-order valence-electron chi connectivity index (χ0n) is 9.80. The van der Waals surface area contributed by atoms with Gasteiger partial charge < -0.3 is 5.32 Å². The van der Waals surface area contributed by atoms with Gasteiger partial charge in [-0.25, -0.2) is 0 Å². The lowest BCUT2D eigenvalue weighted by atomic mass is 9.87. The van der Waals surface area contributed by atoms with Crippen LogP contribution in [0.2, 0.25) is 0 Å². The predicted molar refractivity (Wildman–Crippen MR) is 61.5 cm³/mol. The van der Waals surface area contributed by atoms with Crippen LogP contribution in [-0.4, -0.2) is 11.9 Å². The second-order valence-electron chi connectivity index (χ2n) is 5.45. The van der Waals surface area contributed by atoms with E-state index >= 15 is 0 Å². The summed E-state index contributed by atoms with van der Waals surface area (Å²) in [6.07, 6.45) is 9.70. The van der Waals surface area contributed by atoms with E-state index in [2.05, 4.69) is 12.2 Å². The number of carbonyl (C=O) groups excluding carboxylic acids is 1. The van der Waals surface area contributed by atoms with Crippen molar-refractivity contribution in [2.24, 2.45) is 11.8 Å². The molecule has 2 aliphatic rings. The minimum Gasteiger partial charge on any atom is -0.353 e. The van der Waals surface area contributed by atoms with Gasteiger partial charge in [0.05, 0.1) is 0 Å². The van der Waals surface area contributed by atoms with Gasteiger partial charge in [0.2, 0.25) is 5.91 Å². The quantitative estimate of drug-likeness (QED) is 0.744. The molecule has 0 aromatic rings. The molecule has 86 valence electrons. The Morgan fingerprint density at radius 1 is 1.00 bits per heavy atom. The second kappa shape index (κ2) is 5.00. The molecule has 2 aliphatic carbocycles. The van der Waals surface area contributed by atoms with Gasteiger partial charge in [-0.3, -0.25) is 4.79 Å². The maximum absolute atomic E-state index is 11.9. The average Bonchev–Trinajstić information content (AvgIpc) is 2.74. The van der Waals surface area contributed by atoms with E-state index in [9.17, 15) is 4.79 Å². The summed E-state index contributed by atoms with van der Waals surface area (Å²) in [5, 5.41) is 3.24. The van der Waals surface area contributed by atoms with Gasteiger partial charge in [-0.1, -0.05) is 19.8 Å². The molecule has 0 aromatic carbocycles. The summed E-state index contributed by atoms with van der Waals surface area (Å²) in [4.78, 5) is 11.9. The van der Waals surface area contributed by atoms with Crippen molar-refractivity contribution in [1.29, 1.82) is 0 Å². The summed E-state index contributed by atoms with van der Waals surface area (Å²) in [5.74, 6) is 1.54. The van der Waals surface area contributed by atoms with Crippen LogP contribution < -0.4 is 5.32 Å². The number of hydrogen-bond acceptors (Lipinski definition) is 1. The Hall–Kier alpha value is -0.530. The Bertz CT molecular complexity index is 213.